The molecule has 0 spiro atoms. The minimum atomic E-state index is -0.121. The number of thiophene rings is 1. The number of rotatable bonds is 6. The van der Waals surface area contributed by atoms with Crippen molar-refractivity contribution in [1.29, 1.82) is 0 Å². The number of tetrazole rings is 1. The number of nitrogens with one attached hydrogen (secondary N) is 1. The Morgan fingerprint density at radius 1 is 1.31 bits per heavy atom. The van der Waals surface area contributed by atoms with E-state index in [0.717, 1.165) is 35.4 Å². The van der Waals surface area contributed by atoms with E-state index in [1.165, 1.54) is 23.1 Å². The first-order chi connectivity index (χ1) is 14.3. The molecule has 0 aliphatic carbocycles. The van der Waals surface area contributed by atoms with Gasteiger partial charge in [-0.2, -0.15) is 0 Å². The third-order valence-corrected chi connectivity index (χ3v) is 6.66. The maximum absolute atomic E-state index is 12.8. The minimum Gasteiger partial charge on any atom is -0.376 e. The average molecular weight is 427 g/mol. The third-order valence-electron chi connectivity index (χ3n) is 4.82. The van der Waals surface area contributed by atoms with Crippen LogP contribution in [-0.4, -0.2) is 42.9 Å². The number of nitrogens with zero attached hydrogens (tertiary/aromatic N) is 5. The summed E-state index contributed by atoms with van der Waals surface area (Å²) in [6, 6.07) is 9.89. The molecular weight excluding hydrogens is 408 g/mol. The van der Waals surface area contributed by atoms with Crippen LogP contribution in [0.4, 0.5) is 0 Å². The number of aromatic amines is 1. The molecule has 1 aliphatic heterocycles. The molecule has 0 saturated carbocycles. The van der Waals surface area contributed by atoms with Gasteiger partial charge in [-0.25, -0.2) is 9.67 Å². The van der Waals surface area contributed by atoms with Gasteiger partial charge < -0.3 is 9.72 Å². The Kier molecular flexibility index (Phi) is 5.13. The molecule has 3 aromatic heterocycles. The summed E-state index contributed by atoms with van der Waals surface area (Å²) >= 11 is 2.94. The van der Waals surface area contributed by atoms with Crippen molar-refractivity contribution in [2.75, 3.05) is 6.61 Å². The highest BCUT2D eigenvalue weighted by Gasteiger charge is 2.19. The van der Waals surface area contributed by atoms with Crippen LogP contribution < -0.4 is 5.56 Å². The molecule has 1 fully saturated rings. The van der Waals surface area contributed by atoms with Crippen LogP contribution in [0, 0.1) is 0 Å². The highest BCUT2D eigenvalue weighted by atomic mass is 32.2. The van der Waals surface area contributed by atoms with Gasteiger partial charge in [0.05, 0.1) is 23.8 Å². The molecule has 10 heteroatoms. The first kappa shape index (κ1) is 18.5. The van der Waals surface area contributed by atoms with Crippen LogP contribution >= 0.6 is 23.1 Å². The molecule has 0 radical (unpaired) electrons. The number of aromatic nitrogens is 6. The molecule has 29 heavy (non-hydrogen) atoms. The van der Waals surface area contributed by atoms with Gasteiger partial charge in [0.2, 0.25) is 5.16 Å². The van der Waals surface area contributed by atoms with Gasteiger partial charge in [-0.1, -0.05) is 42.1 Å². The zero-order chi connectivity index (χ0) is 19.6. The van der Waals surface area contributed by atoms with Crippen LogP contribution in [0.5, 0.6) is 0 Å². The highest BCUT2D eigenvalue weighted by Crippen LogP contribution is 2.31. The second-order valence-corrected chi connectivity index (χ2v) is 8.58. The molecule has 1 aliphatic rings. The molecule has 148 valence electrons. The number of hydrogen-bond donors (Lipinski definition) is 1. The predicted molar refractivity (Wildman–Crippen MR) is 112 cm³/mol. The Bertz CT molecular complexity index is 1180. The number of thioether (sulfide) groups is 1. The van der Waals surface area contributed by atoms with Crippen molar-refractivity contribution in [2.24, 2.45) is 0 Å². The highest BCUT2D eigenvalue weighted by molar-refractivity contribution is 7.98. The molecule has 1 atom stereocenters. The fourth-order valence-electron chi connectivity index (χ4n) is 3.42. The topological polar surface area (TPSA) is 98.6 Å². The standard InChI is InChI=1S/C19H18N6O2S2/c26-17-16-14(12-5-2-1-3-6-12)10-28-18(16)21-15(20-17)11-29-19-22-23-24-25(19)9-13-7-4-8-27-13/h1-3,5-6,10,13H,4,7-9,11H2,(H,20,21,26). The summed E-state index contributed by atoms with van der Waals surface area (Å²) in [5, 5.41) is 15.3. The van der Waals surface area contributed by atoms with Crippen LogP contribution in [0.25, 0.3) is 21.3 Å². The molecule has 0 bridgehead atoms. The van der Waals surface area contributed by atoms with E-state index in [4.69, 9.17) is 4.74 Å². The van der Waals surface area contributed by atoms with Crippen LogP contribution in [0.2, 0.25) is 0 Å². The molecule has 1 saturated heterocycles. The molecule has 0 amide bonds. The first-order valence-electron chi connectivity index (χ1n) is 9.34. The monoisotopic (exact) mass is 426 g/mol. The summed E-state index contributed by atoms with van der Waals surface area (Å²) in [6.45, 7) is 1.44. The number of benzene rings is 1. The summed E-state index contributed by atoms with van der Waals surface area (Å²) < 4.78 is 7.42. The van der Waals surface area contributed by atoms with Gasteiger partial charge in [-0.05, 0) is 28.8 Å². The van der Waals surface area contributed by atoms with Crippen molar-refractivity contribution in [3.63, 3.8) is 0 Å². The summed E-state index contributed by atoms with van der Waals surface area (Å²) in [5.41, 5.74) is 1.81. The van der Waals surface area contributed by atoms with E-state index < -0.39 is 0 Å². The summed E-state index contributed by atoms with van der Waals surface area (Å²) in [4.78, 5) is 21.1. The van der Waals surface area contributed by atoms with Crippen LogP contribution in [0.1, 0.15) is 18.7 Å². The van der Waals surface area contributed by atoms with E-state index in [-0.39, 0.29) is 11.7 Å². The van der Waals surface area contributed by atoms with E-state index in [2.05, 4.69) is 25.5 Å². The number of H-pyrrole nitrogens is 1. The zero-order valence-corrected chi connectivity index (χ0v) is 17.1. The van der Waals surface area contributed by atoms with E-state index in [9.17, 15) is 4.79 Å². The smallest absolute Gasteiger partial charge is 0.260 e. The van der Waals surface area contributed by atoms with E-state index >= 15 is 0 Å². The third kappa shape index (κ3) is 3.83. The lowest BCUT2D eigenvalue weighted by Gasteiger charge is -2.09. The number of fused-ring (bicyclic) bond motifs is 1. The van der Waals surface area contributed by atoms with Crippen LogP contribution in [0.3, 0.4) is 0 Å². The molecule has 4 heterocycles. The van der Waals surface area contributed by atoms with Crippen molar-refractivity contribution in [3.8, 4) is 11.1 Å². The van der Waals surface area contributed by atoms with Crippen LogP contribution in [0.15, 0.2) is 45.7 Å². The second-order valence-electron chi connectivity index (χ2n) is 6.78. The fraction of sp³-hybridized carbons (Fsp3) is 0.316. The molecular formula is C19H18N6O2S2. The first-order valence-corrected chi connectivity index (χ1v) is 11.2. The molecule has 8 nitrogen and oxygen atoms in total. The van der Waals surface area contributed by atoms with Crippen molar-refractivity contribution >= 4 is 33.3 Å². The average Bonchev–Trinajstić information content (AvgIpc) is 3.49. The van der Waals surface area contributed by atoms with Crippen molar-refractivity contribution < 1.29 is 4.74 Å². The number of ether oxygens (including phenoxy) is 1. The Morgan fingerprint density at radius 2 is 2.21 bits per heavy atom. The normalized spacial score (nSPS) is 16.6. The minimum absolute atomic E-state index is 0.121. The summed E-state index contributed by atoms with van der Waals surface area (Å²) in [7, 11) is 0. The summed E-state index contributed by atoms with van der Waals surface area (Å²) in [5.74, 6) is 1.09. The lowest BCUT2D eigenvalue weighted by molar-refractivity contribution is 0.0912. The Labute approximate surface area is 174 Å². The maximum Gasteiger partial charge on any atom is 0.260 e. The van der Waals surface area contributed by atoms with Crippen LogP contribution in [-0.2, 0) is 17.0 Å². The van der Waals surface area contributed by atoms with Gasteiger partial charge >= 0.3 is 0 Å². The lowest BCUT2D eigenvalue weighted by Crippen LogP contribution is -2.17. The van der Waals surface area contributed by atoms with Crippen molar-refractivity contribution in [1.82, 2.24) is 30.2 Å². The van der Waals surface area contributed by atoms with Crippen molar-refractivity contribution in [2.45, 2.75) is 36.4 Å². The summed E-state index contributed by atoms with van der Waals surface area (Å²) in [6.07, 6.45) is 2.26. The largest absolute Gasteiger partial charge is 0.376 e. The van der Waals surface area contributed by atoms with Crippen molar-refractivity contribution in [3.05, 3.63) is 51.9 Å². The SMILES string of the molecule is O=c1[nH]c(CSc2nnnn2CC2CCCO2)nc2scc(-c3ccccc3)c12. The molecule has 1 N–H and O–H groups in total. The molecule has 1 aromatic carbocycles. The Balaban J connectivity index is 1.36. The van der Waals surface area contributed by atoms with Gasteiger partial charge in [0, 0.05) is 17.6 Å². The second kappa shape index (κ2) is 8.05. The molecule has 5 rings (SSSR count). The van der Waals surface area contributed by atoms with Gasteiger partial charge in [0.15, 0.2) is 0 Å². The zero-order valence-electron chi connectivity index (χ0n) is 15.4. The quantitative estimate of drug-likeness (QED) is 0.473. The van der Waals surface area contributed by atoms with Gasteiger partial charge in [0.25, 0.3) is 5.56 Å². The van der Waals surface area contributed by atoms with E-state index in [1.807, 2.05) is 35.7 Å². The maximum atomic E-state index is 12.8. The molecule has 4 aromatic rings. The predicted octanol–water partition coefficient (Wildman–Crippen LogP) is 3.11. The lowest BCUT2D eigenvalue weighted by atomic mass is 10.1. The molecule has 1 unspecified atom stereocenters. The van der Waals surface area contributed by atoms with E-state index in [0.29, 0.717) is 28.7 Å². The van der Waals surface area contributed by atoms with Gasteiger partial charge in [0.1, 0.15) is 10.7 Å². The van der Waals surface area contributed by atoms with Gasteiger partial charge in [-0.3, -0.25) is 4.79 Å². The van der Waals surface area contributed by atoms with Gasteiger partial charge in [-0.15, -0.1) is 16.4 Å². The number of hydrogen-bond acceptors (Lipinski definition) is 8. The Hall–Kier alpha value is -2.56. The van der Waals surface area contributed by atoms with E-state index in [1.54, 1.807) is 4.68 Å². The Morgan fingerprint density at radius 3 is 3.03 bits per heavy atom. The fourth-order valence-corrected chi connectivity index (χ4v) is 5.14.